The maximum atomic E-state index is 13.0. The Hall–Kier alpha value is -3.41. The summed E-state index contributed by atoms with van der Waals surface area (Å²) in [6.45, 7) is 5.29. The second kappa shape index (κ2) is 8.31. The van der Waals surface area contributed by atoms with Crippen molar-refractivity contribution in [2.24, 2.45) is 0 Å². The van der Waals surface area contributed by atoms with Crippen LogP contribution in [0.15, 0.2) is 54.6 Å². The lowest BCUT2D eigenvalue weighted by Gasteiger charge is -2.09. The standard InChI is InChI=1S/C23H24N4O2/c1-3-5-14-27-22-18(15-16-10-6-8-12-19(16)24-22)21(26-27)25-23(28)17-11-7-9-13-20(17)29-4-2/h6-13,15H,3-5,14H2,1-2H3,(H,25,26,28). The minimum absolute atomic E-state index is 0.246. The third kappa shape index (κ3) is 3.78. The van der Waals surface area contributed by atoms with Gasteiger partial charge in [-0.2, -0.15) is 5.10 Å². The number of ether oxygens (including phenoxy) is 1. The lowest BCUT2D eigenvalue weighted by Crippen LogP contribution is -2.14. The molecule has 0 spiro atoms. The minimum atomic E-state index is -0.246. The van der Waals surface area contributed by atoms with Crippen molar-refractivity contribution in [3.05, 3.63) is 60.2 Å². The Kier molecular flexibility index (Phi) is 5.42. The molecule has 2 aromatic heterocycles. The maximum Gasteiger partial charge on any atom is 0.260 e. The maximum absolute atomic E-state index is 13.0. The molecule has 2 heterocycles. The van der Waals surface area contributed by atoms with Crippen LogP contribution in [0, 0.1) is 0 Å². The summed E-state index contributed by atoms with van der Waals surface area (Å²) >= 11 is 0. The number of unbranched alkanes of at least 4 members (excludes halogenated alkanes) is 1. The minimum Gasteiger partial charge on any atom is -0.493 e. The van der Waals surface area contributed by atoms with E-state index in [2.05, 4.69) is 17.3 Å². The molecule has 0 fully saturated rings. The fraction of sp³-hybridized carbons (Fsp3) is 0.261. The molecule has 0 saturated carbocycles. The second-order valence-electron chi connectivity index (χ2n) is 6.86. The first kappa shape index (κ1) is 18.9. The van der Waals surface area contributed by atoms with E-state index < -0.39 is 0 Å². The summed E-state index contributed by atoms with van der Waals surface area (Å²) in [6.07, 6.45) is 2.05. The largest absolute Gasteiger partial charge is 0.493 e. The highest BCUT2D eigenvalue weighted by atomic mass is 16.5. The van der Waals surface area contributed by atoms with Gasteiger partial charge in [0, 0.05) is 11.9 Å². The summed E-state index contributed by atoms with van der Waals surface area (Å²) in [5.41, 5.74) is 2.18. The van der Waals surface area contributed by atoms with E-state index >= 15 is 0 Å². The van der Waals surface area contributed by atoms with Gasteiger partial charge in [0.25, 0.3) is 5.91 Å². The van der Waals surface area contributed by atoms with E-state index in [1.54, 1.807) is 12.1 Å². The number of fused-ring (bicyclic) bond motifs is 2. The highest BCUT2D eigenvalue weighted by Gasteiger charge is 2.18. The fourth-order valence-electron chi connectivity index (χ4n) is 3.37. The van der Waals surface area contributed by atoms with Crippen LogP contribution in [-0.4, -0.2) is 27.3 Å². The summed E-state index contributed by atoms with van der Waals surface area (Å²) < 4.78 is 7.48. The lowest BCUT2D eigenvalue weighted by molar-refractivity contribution is 0.102. The number of hydrogen-bond acceptors (Lipinski definition) is 4. The van der Waals surface area contributed by atoms with Gasteiger partial charge in [0.2, 0.25) is 0 Å². The Labute approximate surface area is 169 Å². The molecule has 0 atom stereocenters. The molecule has 148 valence electrons. The van der Waals surface area contributed by atoms with Gasteiger partial charge in [-0.25, -0.2) is 9.67 Å². The molecule has 6 nitrogen and oxygen atoms in total. The molecule has 0 aliphatic carbocycles. The summed E-state index contributed by atoms with van der Waals surface area (Å²) in [5.74, 6) is 0.834. The molecule has 6 heteroatoms. The fourth-order valence-corrected chi connectivity index (χ4v) is 3.37. The number of amides is 1. The Morgan fingerprint density at radius 2 is 1.90 bits per heavy atom. The first-order valence-corrected chi connectivity index (χ1v) is 10.0. The average Bonchev–Trinajstić information content (AvgIpc) is 3.07. The molecule has 4 rings (SSSR count). The molecular weight excluding hydrogens is 364 g/mol. The Bertz CT molecular complexity index is 1170. The lowest BCUT2D eigenvalue weighted by atomic mass is 10.1. The summed E-state index contributed by atoms with van der Waals surface area (Å²) in [4.78, 5) is 17.8. The number of anilines is 1. The van der Waals surface area contributed by atoms with Gasteiger partial charge in [-0.05, 0) is 37.6 Å². The van der Waals surface area contributed by atoms with E-state index in [0.717, 1.165) is 41.3 Å². The van der Waals surface area contributed by atoms with Crippen LogP contribution in [0.25, 0.3) is 21.9 Å². The van der Waals surface area contributed by atoms with Crippen molar-refractivity contribution < 1.29 is 9.53 Å². The highest BCUT2D eigenvalue weighted by Crippen LogP contribution is 2.27. The molecule has 0 radical (unpaired) electrons. The quantitative estimate of drug-likeness (QED) is 0.482. The first-order valence-electron chi connectivity index (χ1n) is 10.0. The number of nitrogens with zero attached hydrogens (tertiary/aromatic N) is 3. The van der Waals surface area contributed by atoms with E-state index in [-0.39, 0.29) is 5.91 Å². The van der Waals surface area contributed by atoms with Crippen LogP contribution in [0.2, 0.25) is 0 Å². The predicted molar refractivity (Wildman–Crippen MR) is 116 cm³/mol. The number of carbonyl (C=O) groups is 1. The average molecular weight is 388 g/mol. The van der Waals surface area contributed by atoms with E-state index in [1.165, 1.54) is 0 Å². The summed E-state index contributed by atoms with van der Waals surface area (Å²) in [6, 6.07) is 17.2. The number of rotatable bonds is 7. The molecule has 0 unspecified atom stereocenters. The molecule has 4 aromatic rings. The van der Waals surface area contributed by atoms with E-state index in [9.17, 15) is 4.79 Å². The van der Waals surface area contributed by atoms with Crippen LogP contribution in [-0.2, 0) is 6.54 Å². The van der Waals surface area contributed by atoms with Crippen LogP contribution in [0.5, 0.6) is 5.75 Å². The molecule has 1 amide bonds. The van der Waals surface area contributed by atoms with Crippen LogP contribution < -0.4 is 10.1 Å². The molecule has 0 aliphatic heterocycles. The third-order valence-corrected chi connectivity index (χ3v) is 4.81. The van der Waals surface area contributed by atoms with Gasteiger partial charge in [-0.15, -0.1) is 0 Å². The van der Waals surface area contributed by atoms with Crippen molar-refractivity contribution in [3.63, 3.8) is 0 Å². The molecule has 0 saturated heterocycles. The molecule has 1 N–H and O–H groups in total. The topological polar surface area (TPSA) is 69.0 Å². The van der Waals surface area contributed by atoms with Crippen molar-refractivity contribution in [2.45, 2.75) is 33.2 Å². The van der Waals surface area contributed by atoms with Crippen LogP contribution in [0.4, 0.5) is 5.82 Å². The Morgan fingerprint density at radius 3 is 2.72 bits per heavy atom. The third-order valence-electron chi connectivity index (χ3n) is 4.81. The number of nitrogens with one attached hydrogen (secondary N) is 1. The normalized spacial score (nSPS) is 11.1. The van der Waals surface area contributed by atoms with E-state index in [4.69, 9.17) is 9.72 Å². The molecule has 0 aliphatic rings. The van der Waals surface area contributed by atoms with Crippen molar-refractivity contribution in [1.82, 2.24) is 14.8 Å². The second-order valence-corrected chi connectivity index (χ2v) is 6.86. The number of carbonyl (C=O) groups excluding carboxylic acids is 1. The van der Waals surface area contributed by atoms with Gasteiger partial charge in [-0.3, -0.25) is 4.79 Å². The number of aryl methyl sites for hydroxylation is 1. The highest BCUT2D eigenvalue weighted by molar-refractivity contribution is 6.10. The predicted octanol–water partition coefficient (Wildman–Crippen LogP) is 5.04. The zero-order chi connectivity index (χ0) is 20.2. The van der Waals surface area contributed by atoms with Gasteiger partial charge >= 0.3 is 0 Å². The van der Waals surface area contributed by atoms with Crippen LogP contribution >= 0.6 is 0 Å². The first-order chi connectivity index (χ1) is 14.2. The SMILES string of the molecule is CCCCn1nc(NC(=O)c2ccccc2OCC)c2cc3ccccc3nc21. The molecule has 29 heavy (non-hydrogen) atoms. The molecule has 2 aromatic carbocycles. The smallest absolute Gasteiger partial charge is 0.260 e. The number of hydrogen-bond donors (Lipinski definition) is 1. The number of aromatic nitrogens is 3. The molecule has 0 bridgehead atoms. The van der Waals surface area contributed by atoms with Crippen LogP contribution in [0.3, 0.4) is 0 Å². The van der Waals surface area contributed by atoms with Gasteiger partial charge in [-0.1, -0.05) is 43.7 Å². The van der Waals surface area contributed by atoms with Crippen LogP contribution in [0.1, 0.15) is 37.0 Å². The van der Waals surface area contributed by atoms with Crippen molar-refractivity contribution in [1.29, 1.82) is 0 Å². The van der Waals surface area contributed by atoms with Crippen molar-refractivity contribution in [2.75, 3.05) is 11.9 Å². The number of benzene rings is 2. The van der Waals surface area contributed by atoms with Gasteiger partial charge in [0.1, 0.15) is 5.75 Å². The monoisotopic (exact) mass is 388 g/mol. The molecular formula is C23H24N4O2. The van der Waals surface area contributed by atoms with Gasteiger partial charge in [0.15, 0.2) is 11.5 Å². The Morgan fingerprint density at radius 1 is 1.10 bits per heavy atom. The Balaban J connectivity index is 1.76. The van der Waals surface area contributed by atoms with E-state index in [1.807, 2.05) is 54.1 Å². The zero-order valence-corrected chi connectivity index (χ0v) is 16.7. The van der Waals surface area contributed by atoms with Crippen molar-refractivity contribution >= 4 is 33.7 Å². The van der Waals surface area contributed by atoms with Gasteiger partial charge < -0.3 is 10.1 Å². The van der Waals surface area contributed by atoms with Gasteiger partial charge in [0.05, 0.1) is 23.1 Å². The zero-order valence-electron chi connectivity index (χ0n) is 16.7. The van der Waals surface area contributed by atoms with Crippen molar-refractivity contribution in [3.8, 4) is 5.75 Å². The number of pyridine rings is 1. The van der Waals surface area contributed by atoms with E-state index in [0.29, 0.717) is 23.7 Å². The summed E-state index contributed by atoms with van der Waals surface area (Å²) in [5, 5.41) is 9.49. The summed E-state index contributed by atoms with van der Waals surface area (Å²) in [7, 11) is 0. The number of para-hydroxylation sites is 2.